The predicted octanol–water partition coefficient (Wildman–Crippen LogP) is 1.94. The van der Waals surface area contributed by atoms with Crippen molar-refractivity contribution in [3.8, 4) is 0 Å². The van der Waals surface area contributed by atoms with E-state index in [1.54, 1.807) is 0 Å². The summed E-state index contributed by atoms with van der Waals surface area (Å²) in [5, 5.41) is 2.81. The summed E-state index contributed by atoms with van der Waals surface area (Å²) >= 11 is 0. The largest absolute Gasteiger partial charge is 0.355 e. The Balaban J connectivity index is 1.84. The molecule has 2 saturated heterocycles. The average molecular weight is 266 g/mol. The van der Waals surface area contributed by atoms with Crippen molar-refractivity contribution in [3.63, 3.8) is 0 Å². The molecule has 2 unspecified atom stereocenters. The summed E-state index contributed by atoms with van der Waals surface area (Å²) in [4.78, 5) is 25.6. The quantitative estimate of drug-likeness (QED) is 0.848. The van der Waals surface area contributed by atoms with Crippen LogP contribution in [0.1, 0.15) is 51.9 Å². The molecule has 4 nitrogen and oxygen atoms in total. The van der Waals surface area contributed by atoms with E-state index in [9.17, 15) is 9.59 Å². The molecule has 2 heterocycles. The lowest BCUT2D eigenvalue weighted by Gasteiger charge is -2.28. The van der Waals surface area contributed by atoms with E-state index in [-0.39, 0.29) is 17.7 Å². The van der Waals surface area contributed by atoms with Crippen LogP contribution in [0.25, 0.3) is 0 Å². The van der Waals surface area contributed by atoms with Crippen molar-refractivity contribution in [3.05, 3.63) is 0 Å². The second-order valence-corrected chi connectivity index (χ2v) is 5.95. The zero-order valence-corrected chi connectivity index (χ0v) is 12.0. The maximum atomic E-state index is 12.5. The first-order valence-corrected chi connectivity index (χ1v) is 7.76. The molecule has 0 spiro atoms. The van der Waals surface area contributed by atoms with Crippen molar-refractivity contribution >= 4 is 11.8 Å². The van der Waals surface area contributed by atoms with E-state index in [0.29, 0.717) is 13.0 Å². The molecule has 4 heteroatoms. The Bertz CT molecular complexity index is 320. The Labute approximate surface area is 115 Å². The van der Waals surface area contributed by atoms with E-state index in [4.69, 9.17) is 0 Å². The van der Waals surface area contributed by atoms with Crippen LogP contribution in [0, 0.1) is 11.8 Å². The van der Waals surface area contributed by atoms with Crippen molar-refractivity contribution in [1.82, 2.24) is 10.2 Å². The Morgan fingerprint density at radius 3 is 2.84 bits per heavy atom. The van der Waals surface area contributed by atoms with E-state index in [1.165, 1.54) is 19.3 Å². The lowest BCUT2D eigenvalue weighted by Crippen LogP contribution is -2.45. The molecule has 0 aromatic heterocycles. The molecule has 108 valence electrons. The first-order valence-electron chi connectivity index (χ1n) is 7.76. The van der Waals surface area contributed by atoms with Crippen molar-refractivity contribution < 1.29 is 9.59 Å². The highest BCUT2D eigenvalue weighted by Crippen LogP contribution is 2.23. The van der Waals surface area contributed by atoms with Crippen molar-refractivity contribution in [2.24, 2.45) is 11.8 Å². The summed E-state index contributed by atoms with van der Waals surface area (Å²) in [5.74, 6) is 1.16. The lowest BCUT2D eigenvalue weighted by atomic mass is 9.96. The SMILES string of the molecule is CCCC1CCCN(C(=O)C2CCC(=O)NC2)CC1. The number of hydrogen-bond donors (Lipinski definition) is 1. The summed E-state index contributed by atoms with van der Waals surface area (Å²) in [6.45, 7) is 4.59. The minimum Gasteiger partial charge on any atom is -0.355 e. The van der Waals surface area contributed by atoms with Gasteiger partial charge in [-0.3, -0.25) is 9.59 Å². The van der Waals surface area contributed by atoms with Crippen LogP contribution in [0.5, 0.6) is 0 Å². The highest BCUT2D eigenvalue weighted by atomic mass is 16.2. The zero-order chi connectivity index (χ0) is 13.7. The molecule has 2 fully saturated rings. The van der Waals surface area contributed by atoms with Crippen molar-refractivity contribution in [2.75, 3.05) is 19.6 Å². The maximum absolute atomic E-state index is 12.5. The molecule has 2 aliphatic heterocycles. The minimum atomic E-state index is 0.0143. The third-order valence-corrected chi connectivity index (χ3v) is 4.47. The lowest BCUT2D eigenvalue weighted by molar-refractivity contribution is -0.137. The third-order valence-electron chi connectivity index (χ3n) is 4.47. The highest BCUT2D eigenvalue weighted by Gasteiger charge is 2.29. The number of rotatable bonds is 3. The third kappa shape index (κ3) is 3.95. The van der Waals surface area contributed by atoms with Gasteiger partial charge >= 0.3 is 0 Å². The number of likely N-dealkylation sites (tertiary alicyclic amines) is 1. The Hall–Kier alpha value is -1.06. The summed E-state index contributed by atoms with van der Waals surface area (Å²) < 4.78 is 0. The van der Waals surface area contributed by atoms with Crippen molar-refractivity contribution in [2.45, 2.75) is 51.9 Å². The van der Waals surface area contributed by atoms with Gasteiger partial charge in [-0.1, -0.05) is 19.8 Å². The smallest absolute Gasteiger partial charge is 0.227 e. The number of hydrogen-bond acceptors (Lipinski definition) is 2. The minimum absolute atomic E-state index is 0.0143. The van der Waals surface area contributed by atoms with Crippen LogP contribution in [0.3, 0.4) is 0 Å². The number of piperidine rings is 1. The van der Waals surface area contributed by atoms with Crippen LogP contribution in [-0.2, 0) is 9.59 Å². The fraction of sp³-hybridized carbons (Fsp3) is 0.867. The molecule has 1 N–H and O–H groups in total. The molecule has 0 aliphatic carbocycles. The van der Waals surface area contributed by atoms with Gasteiger partial charge in [0.1, 0.15) is 0 Å². The van der Waals surface area contributed by atoms with Crippen LogP contribution in [-0.4, -0.2) is 36.3 Å². The van der Waals surface area contributed by atoms with E-state index in [1.807, 2.05) is 4.90 Å². The fourth-order valence-corrected chi connectivity index (χ4v) is 3.28. The molecule has 2 amide bonds. The molecular formula is C15H26N2O2. The Morgan fingerprint density at radius 2 is 2.16 bits per heavy atom. The van der Waals surface area contributed by atoms with Gasteiger partial charge in [-0.15, -0.1) is 0 Å². The number of nitrogens with one attached hydrogen (secondary N) is 1. The molecule has 2 aliphatic rings. The summed E-state index contributed by atoms with van der Waals surface area (Å²) in [7, 11) is 0. The van der Waals surface area contributed by atoms with Gasteiger partial charge in [0.05, 0.1) is 5.92 Å². The summed E-state index contributed by atoms with van der Waals surface area (Å²) in [6, 6.07) is 0. The molecule has 0 aromatic carbocycles. The standard InChI is InChI=1S/C15H26N2O2/c1-2-4-12-5-3-9-17(10-8-12)15(19)13-6-7-14(18)16-11-13/h12-13H,2-11H2,1H3,(H,16,18). The van der Waals surface area contributed by atoms with Gasteiger partial charge in [0.25, 0.3) is 0 Å². The van der Waals surface area contributed by atoms with E-state index >= 15 is 0 Å². The van der Waals surface area contributed by atoms with Crippen LogP contribution in [0.2, 0.25) is 0 Å². The molecule has 2 rings (SSSR count). The molecule has 0 bridgehead atoms. The predicted molar refractivity (Wildman–Crippen MR) is 74.6 cm³/mol. The number of amides is 2. The van der Waals surface area contributed by atoms with Crippen LogP contribution in [0.15, 0.2) is 0 Å². The second-order valence-electron chi connectivity index (χ2n) is 5.95. The van der Waals surface area contributed by atoms with Gasteiger partial charge < -0.3 is 10.2 Å². The number of nitrogens with zero attached hydrogens (tertiary/aromatic N) is 1. The van der Waals surface area contributed by atoms with Crippen LogP contribution in [0.4, 0.5) is 0 Å². The van der Waals surface area contributed by atoms with Gasteiger partial charge in [0, 0.05) is 26.1 Å². The van der Waals surface area contributed by atoms with E-state index < -0.39 is 0 Å². The molecule has 2 atom stereocenters. The molecule has 0 saturated carbocycles. The Kier molecular flexibility index (Phi) is 5.23. The first-order chi connectivity index (χ1) is 9.20. The normalized spacial score (nSPS) is 28.7. The van der Waals surface area contributed by atoms with E-state index in [2.05, 4.69) is 12.2 Å². The van der Waals surface area contributed by atoms with Gasteiger partial charge in [-0.05, 0) is 31.6 Å². The second kappa shape index (κ2) is 6.92. The molecular weight excluding hydrogens is 240 g/mol. The topological polar surface area (TPSA) is 49.4 Å². The van der Waals surface area contributed by atoms with Gasteiger partial charge in [0.15, 0.2) is 0 Å². The number of carbonyl (C=O) groups excluding carboxylic acids is 2. The van der Waals surface area contributed by atoms with Gasteiger partial charge in [-0.25, -0.2) is 0 Å². The summed E-state index contributed by atoms with van der Waals surface area (Å²) in [6.07, 6.45) is 7.31. The molecule has 0 radical (unpaired) electrons. The molecule has 19 heavy (non-hydrogen) atoms. The summed E-state index contributed by atoms with van der Waals surface area (Å²) in [5.41, 5.74) is 0. The van der Waals surface area contributed by atoms with Crippen molar-refractivity contribution in [1.29, 1.82) is 0 Å². The average Bonchev–Trinajstić information content (AvgIpc) is 2.65. The van der Waals surface area contributed by atoms with Gasteiger partial charge in [-0.2, -0.15) is 0 Å². The number of carbonyl (C=O) groups is 2. The van der Waals surface area contributed by atoms with Crippen LogP contribution < -0.4 is 5.32 Å². The highest BCUT2D eigenvalue weighted by molar-refractivity contribution is 5.83. The zero-order valence-electron chi connectivity index (χ0n) is 12.0. The monoisotopic (exact) mass is 266 g/mol. The molecule has 0 aromatic rings. The van der Waals surface area contributed by atoms with Gasteiger partial charge in [0.2, 0.25) is 11.8 Å². The fourth-order valence-electron chi connectivity index (χ4n) is 3.28. The maximum Gasteiger partial charge on any atom is 0.227 e. The van der Waals surface area contributed by atoms with E-state index in [0.717, 1.165) is 38.3 Å². The van der Waals surface area contributed by atoms with Crippen LogP contribution >= 0.6 is 0 Å². The first kappa shape index (κ1) is 14.4. The Morgan fingerprint density at radius 1 is 1.32 bits per heavy atom.